The Hall–Kier alpha value is -2.49. The van der Waals surface area contributed by atoms with Crippen LogP contribution in [0.5, 0.6) is 0 Å². The number of ether oxygens (including phenoxy) is 1. The van der Waals surface area contributed by atoms with Gasteiger partial charge in [-0.05, 0) is 17.7 Å². The van der Waals surface area contributed by atoms with Crippen molar-refractivity contribution >= 4 is 12.1 Å². The quantitative estimate of drug-likeness (QED) is 0.469. The van der Waals surface area contributed by atoms with E-state index in [4.69, 9.17) is 4.74 Å². The summed E-state index contributed by atoms with van der Waals surface area (Å²) in [4.78, 5) is 3.94. The summed E-state index contributed by atoms with van der Waals surface area (Å²) in [6, 6.07) is 13.4. The second-order valence-electron chi connectivity index (χ2n) is 3.50. The van der Waals surface area contributed by atoms with Gasteiger partial charge < -0.3 is 4.74 Å². The molecule has 0 unspecified atom stereocenters. The van der Waals surface area contributed by atoms with Crippen LogP contribution in [-0.2, 0) is 4.74 Å². The normalized spacial score (nSPS) is 11.7. The molecular formula is C14H13N3O. The van der Waals surface area contributed by atoms with Gasteiger partial charge in [-0.1, -0.05) is 30.3 Å². The summed E-state index contributed by atoms with van der Waals surface area (Å²) in [6.45, 7) is 0. The Morgan fingerprint density at radius 1 is 1.11 bits per heavy atom. The minimum Gasteiger partial charge on any atom is -0.479 e. The van der Waals surface area contributed by atoms with Gasteiger partial charge in [-0.25, -0.2) is 0 Å². The van der Waals surface area contributed by atoms with Crippen molar-refractivity contribution in [2.75, 3.05) is 7.11 Å². The smallest absolute Gasteiger partial charge is 0.240 e. The van der Waals surface area contributed by atoms with Gasteiger partial charge in [0.1, 0.15) is 0 Å². The summed E-state index contributed by atoms with van der Waals surface area (Å²) in [7, 11) is 1.57. The van der Waals surface area contributed by atoms with Crippen molar-refractivity contribution in [1.82, 2.24) is 4.98 Å². The molecule has 0 aliphatic heterocycles. The zero-order chi connectivity index (χ0) is 12.6. The fourth-order valence-corrected chi connectivity index (χ4v) is 1.40. The lowest BCUT2D eigenvalue weighted by molar-refractivity contribution is 0.403. The molecule has 0 amide bonds. The number of benzene rings is 1. The summed E-state index contributed by atoms with van der Waals surface area (Å²) in [5, 5.41) is 8.05. The van der Waals surface area contributed by atoms with Crippen molar-refractivity contribution in [3.8, 4) is 0 Å². The monoisotopic (exact) mass is 239 g/mol. The molecule has 0 radical (unpaired) electrons. The highest BCUT2D eigenvalue weighted by molar-refractivity contribution is 5.94. The highest BCUT2D eigenvalue weighted by atomic mass is 16.5. The SMILES string of the molecule is CO/C(=N\N=C/c1ccccc1)c1ccncc1. The number of rotatable bonds is 3. The van der Waals surface area contributed by atoms with E-state index in [1.807, 2.05) is 42.5 Å². The zero-order valence-corrected chi connectivity index (χ0v) is 10.0. The maximum atomic E-state index is 5.18. The highest BCUT2D eigenvalue weighted by Gasteiger charge is 2.00. The second-order valence-corrected chi connectivity index (χ2v) is 3.50. The van der Waals surface area contributed by atoms with E-state index < -0.39 is 0 Å². The molecule has 0 fully saturated rings. The third-order valence-corrected chi connectivity index (χ3v) is 2.28. The van der Waals surface area contributed by atoms with Crippen LogP contribution in [0.2, 0.25) is 0 Å². The molecule has 1 aromatic carbocycles. The second kappa shape index (κ2) is 6.30. The van der Waals surface area contributed by atoms with Gasteiger partial charge in [-0.3, -0.25) is 4.98 Å². The van der Waals surface area contributed by atoms with E-state index >= 15 is 0 Å². The van der Waals surface area contributed by atoms with Gasteiger partial charge in [-0.15, -0.1) is 5.10 Å². The predicted octanol–water partition coefficient (Wildman–Crippen LogP) is 2.51. The van der Waals surface area contributed by atoms with Crippen LogP contribution < -0.4 is 0 Å². The maximum absolute atomic E-state index is 5.18. The van der Waals surface area contributed by atoms with Crippen LogP contribution >= 0.6 is 0 Å². The molecule has 2 aromatic rings. The first-order valence-electron chi connectivity index (χ1n) is 5.50. The van der Waals surface area contributed by atoms with E-state index in [-0.39, 0.29) is 0 Å². The first kappa shape index (κ1) is 12.0. The molecule has 0 N–H and O–H groups in total. The van der Waals surface area contributed by atoms with Crippen LogP contribution in [0.15, 0.2) is 65.1 Å². The lowest BCUT2D eigenvalue weighted by Gasteiger charge is -2.01. The Morgan fingerprint density at radius 2 is 1.83 bits per heavy atom. The van der Waals surface area contributed by atoms with Crippen LogP contribution in [0, 0.1) is 0 Å². The molecule has 0 saturated heterocycles. The lowest BCUT2D eigenvalue weighted by Crippen LogP contribution is -2.02. The molecule has 1 heterocycles. The van der Waals surface area contributed by atoms with E-state index in [1.165, 1.54) is 0 Å². The molecule has 0 bridgehead atoms. The summed E-state index contributed by atoms with van der Waals surface area (Å²) in [6.07, 6.45) is 5.05. The Balaban J connectivity index is 2.14. The summed E-state index contributed by atoms with van der Waals surface area (Å²) < 4.78 is 5.18. The van der Waals surface area contributed by atoms with Gasteiger partial charge in [0.05, 0.1) is 13.3 Å². The van der Waals surface area contributed by atoms with Crippen molar-refractivity contribution in [1.29, 1.82) is 0 Å². The fourth-order valence-electron chi connectivity index (χ4n) is 1.40. The van der Waals surface area contributed by atoms with E-state index in [0.717, 1.165) is 11.1 Å². The Morgan fingerprint density at radius 3 is 2.50 bits per heavy atom. The largest absolute Gasteiger partial charge is 0.479 e. The Bertz CT molecular complexity index is 535. The van der Waals surface area contributed by atoms with Crippen molar-refractivity contribution in [3.05, 3.63) is 66.0 Å². The number of nitrogens with zero attached hydrogens (tertiary/aromatic N) is 3. The molecule has 4 heteroatoms. The van der Waals surface area contributed by atoms with E-state index in [0.29, 0.717) is 5.90 Å². The van der Waals surface area contributed by atoms with Crippen molar-refractivity contribution in [2.45, 2.75) is 0 Å². The first-order chi connectivity index (χ1) is 8.90. The van der Waals surface area contributed by atoms with E-state index in [9.17, 15) is 0 Å². The molecule has 4 nitrogen and oxygen atoms in total. The molecule has 0 saturated carbocycles. The van der Waals surface area contributed by atoms with Crippen LogP contribution in [-0.4, -0.2) is 24.2 Å². The van der Waals surface area contributed by atoms with Crippen LogP contribution in [0.1, 0.15) is 11.1 Å². The Kier molecular flexibility index (Phi) is 4.19. The molecule has 1 aromatic heterocycles. The number of pyridine rings is 1. The number of aromatic nitrogens is 1. The minimum absolute atomic E-state index is 0.463. The average molecular weight is 239 g/mol. The molecule has 2 rings (SSSR count). The van der Waals surface area contributed by atoms with Crippen LogP contribution in [0.4, 0.5) is 0 Å². The molecule has 18 heavy (non-hydrogen) atoms. The van der Waals surface area contributed by atoms with Crippen LogP contribution in [0.3, 0.4) is 0 Å². The topological polar surface area (TPSA) is 46.8 Å². The number of hydrogen-bond donors (Lipinski definition) is 0. The lowest BCUT2D eigenvalue weighted by atomic mass is 10.2. The third-order valence-electron chi connectivity index (χ3n) is 2.28. The van der Waals surface area contributed by atoms with Gasteiger partial charge in [0.25, 0.3) is 0 Å². The summed E-state index contributed by atoms with van der Waals surface area (Å²) in [5.74, 6) is 0.463. The first-order valence-corrected chi connectivity index (χ1v) is 5.50. The van der Waals surface area contributed by atoms with E-state index in [2.05, 4.69) is 15.2 Å². The fraction of sp³-hybridized carbons (Fsp3) is 0.0714. The highest BCUT2D eigenvalue weighted by Crippen LogP contribution is 2.01. The molecule has 0 aliphatic carbocycles. The van der Waals surface area contributed by atoms with Gasteiger partial charge in [0.2, 0.25) is 5.90 Å². The van der Waals surface area contributed by atoms with Crippen molar-refractivity contribution < 1.29 is 4.74 Å². The molecule has 90 valence electrons. The third kappa shape index (κ3) is 3.25. The minimum atomic E-state index is 0.463. The molecule has 0 spiro atoms. The molecule has 0 atom stereocenters. The van der Waals surface area contributed by atoms with Gasteiger partial charge >= 0.3 is 0 Å². The molecule has 0 aliphatic rings. The van der Waals surface area contributed by atoms with E-state index in [1.54, 1.807) is 25.7 Å². The standard InChI is InChI=1S/C14H13N3O/c1-18-14(13-7-9-15-10-8-13)17-16-11-12-5-3-2-4-6-12/h2-11H,1H3/b16-11-,17-14-. The number of methoxy groups -OCH3 is 1. The van der Waals surface area contributed by atoms with Crippen molar-refractivity contribution in [2.24, 2.45) is 10.2 Å². The summed E-state index contributed by atoms with van der Waals surface area (Å²) >= 11 is 0. The summed E-state index contributed by atoms with van der Waals surface area (Å²) in [5.41, 5.74) is 1.84. The maximum Gasteiger partial charge on any atom is 0.240 e. The van der Waals surface area contributed by atoms with Gasteiger partial charge in [-0.2, -0.15) is 5.10 Å². The zero-order valence-electron chi connectivity index (χ0n) is 10.0. The van der Waals surface area contributed by atoms with Crippen LogP contribution in [0.25, 0.3) is 0 Å². The Labute approximate surface area is 106 Å². The number of hydrogen-bond acceptors (Lipinski definition) is 4. The predicted molar refractivity (Wildman–Crippen MR) is 71.8 cm³/mol. The van der Waals surface area contributed by atoms with Gasteiger partial charge in [0.15, 0.2) is 0 Å². The van der Waals surface area contributed by atoms with Crippen molar-refractivity contribution in [3.63, 3.8) is 0 Å². The van der Waals surface area contributed by atoms with Gasteiger partial charge in [0, 0.05) is 18.0 Å². The average Bonchev–Trinajstić information content (AvgIpc) is 2.46. The molecular weight excluding hydrogens is 226 g/mol.